The summed E-state index contributed by atoms with van der Waals surface area (Å²) in [6, 6.07) is 10.8. The Morgan fingerprint density at radius 2 is 1.50 bits per heavy atom. The van der Waals surface area contributed by atoms with E-state index in [0.717, 1.165) is 0 Å². The van der Waals surface area contributed by atoms with Gasteiger partial charge in [-0.25, -0.2) is 0 Å². The summed E-state index contributed by atoms with van der Waals surface area (Å²) in [5.41, 5.74) is 6.62. The first-order valence-corrected chi connectivity index (χ1v) is 4.90. The normalized spacial score (nSPS) is 10.3. The Kier molecular flexibility index (Phi) is 2.91. The van der Waals surface area contributed by atoms with E-state index in [1.54, 1.807) is 36.7 Å². The second-order valence-electron chi connectivity index (χ2n) is 3.34. The highest BCUT2D eigenvalue weighted by atomic mass is 16.1. The minimum absolute atomic E-state index is 0.447. The first-order valence-electron chi connectivity index (χ1n) is 4.90. The highest BCUT2D eigenvalue weighted by Gasteiger charge is 2.22. The number of carbonyl (C=O) groups excluding carboxylic acids is 1. The second-order valence-corrected chi connectivity index (χ2v) is 3.34. The largest absolute Gasteiger partial charge is 0.369 e. The summed E-state index contributed by atoms with van der Waals surface area (Å²) >= 11 is 0. The van der Waals surface area contributed by atoms with Gasteiger partial charge in [-0.2, -0.15) is 0 Å². The van der Waals surface area contributed by atoms with Gasteiger partial charge in [-0.3, -0.25) is 14.8 Å². The first-order chi connectivity index (χ1) is 7.79. The van der Waals surface area contributed by atoms with Gasteiger partial charge in [0.05, 0.1) is 11.4 Å². The number of nitrogens with two attached hydrogens (primary N) is 1. The summed E-state index contributed by atoms with van der Waals surface area (Å²) in [7, 11) is 0. The van der Waals surface area contributed by atoms with Crippen LogP contribution in [0, 0.1) is 0 Å². The lowest BCUT2D eigenvalue weighted by Crippen LogP contribution is -2.23. The van der Waals surface area contributed by atoms with E-state index >= 15 is 0 Å². The smallest absolute Gasteiger partial charge is 0.232 e. The van der Waals surface area contributed by atoms with Crippen molar-refractivity contribution in [1.29, 1.82) is 0 Å². The number of hydrogen-bond acceptors (Lipinski definition) is 3. The van der Waals surface area contributed by atoms with E-state index in [1.807, 2.05) is 12.1 Å². The summed E-state index contributed by atoms with van der Waals surface area (Å²) in [5, 5.41) is 0. The highest BCUT2D eigenvalue weighted by Crippen LogP contribution is 2.19. The molecule has 0 aliphatic carbocycles. The average molecular weight is 213 g/mol. The van der Waals surface area contributed by atoms with Crippen molar-refractivity contribution in [3.63, 3.8) is 0 Å². The summed E-state index contributed by atoms with van der Waals surface area (Å²) in [5.74, 6) is -1.03. The highest BCUT2D eigenvalue weighted by molar-refractivity contribution is 5.84. The van der Waals surface area contributed by atoms with Crippen molar-refractivity contribution in [2.24, 2.45) is 5.73 Å². The van der Waals surface area contributed by atoms with E-state index in [-0.39, 0.29) is 0 Å². The van der Waals surface area contributed by atoms with Crippen molar-refractivity contribution in [1.82, 2.24) is 9.97 Å². The maximum Gasteiger partial charge on any atom is 0.232 e. The Labute approximate surface area is 93.2 Å². The van der Waals surface area contributed by atoms with Gasteiger partial charge in [0.25, 0.3) is 0 Å². The third kappa shape index (κ3) is 2.06. The number of pyridine rings is 2. The summed E-state index contributed by atoms with van der Waals surface area (Å²) < 4.78 is 0. The molecule has 0 aromatic carbocycles. The maximum atomic E-state index is 11.4. The topological polar surface area (TPSA) is 68.9 Å². The van der Waals surface area contributed by atoms with Crippen LogP contribution in [0.3, 0.4) is 0 Å². The van der Waals surface area contributed by atoms with Crippen LogP contribution in [0.15, 0.2) is 48.8 Å². The summed E-state index contributed by atoms with van der Waals surface area (Å²) in [6.07, 6.45) is 3.27. The van der Waals surface area contributed by atoms with E-state index in [2.05, 4.69) is 9.97 Å². The van der Waals surface area contributed by atoms with Crippen LogP contribution in [-0.2, 0) is 4.79 Å². The van der Waals surface area contributed by atoms with Crippen LogP contribution < -0.4 is 5.73 Å². The van der Waals surface area contributed by atoms with Gasteiger partial charge < -0.3 is 5.73 Å². The van der Waals surface area contributed by atoms with E-state index < -0.39 is 11.8 Å². The molecule has 2 aromatic heterocycles. The van der Waals surface area contributed by atoms with Gasteiger partial charge in [0.15, 0.2) is 0 Å². The quantitative estimate of drug-likeness (QED) is 0.829. The number of hydrogen-bond donors (Lipinski definition) is 1. The fourth-order valence-electron chi connectivity index (χ4n) is 1.54. The van der Waals surface area contributed by atoms with Crippen LogP contribution in [0.5, 0.6) is 0 Å². The minimum Gasteiger partial charge on any atom is -0.369 e. The van der Waals surface area contributed by atoms with Gasteiger partial charge in [0.1, 0.15) is 5.92 Å². The molecule has 0 bridgehead atoms. The third-order valence-electron chi connectivity index (χ3n) is 2.25. The van der Waals surface area contributed by atoms with E-state index in [4.69, 9.17) is 5.73 Å². The lowest BCUT2D eigenvalue weighted by atomic mass is 9.99. The predicted molar refractivity (Wildman–Crippen MR) is 59.5 cm³/mol. The summed E-state index contributed by atoms with van der Waals surface area (Å²) in [4.78, 5) is 19.7. The molecule has 4 heteroatoms. The molecule has 0 fully saturated rings. The number of aromatic nitrogens is 2. The molecular weight excluding hydrogens is 202 g/mol. The molecule has 0 radical (unpaired) electrons. The second kappa shape index (κ2) is 4.53. The Bertz CT molecular complexity index is 431. The van der Waals surface area contributed by atoms with Crippen molar-refractivity contribution in [3.05, 3.63) is 60.2 Å². The Morgan fingerprint density at radius 1 is 1.00 bits per heavy atom. The number of nitrogens with zero attached hydrogens (tertiary/aromatic N) is 2. The van der Waals surface area contributed by atoms with Crippen LogP contribution in [0.2, 0.25) is 0 Å². The lowest BCUT2D eigenvalue weighted by molar-refractivity contribution is -0.118. The third-order valence-corrected chi connectivity index (χ3v) is 2.25. The SMILES string of the molecule is NC(=O)C(c1ccccn1)c1ccccn1. The van der Waals surface area contributed by atoms with Crippen molar-refractivity contribution in [3.8, 4) is 0 Å². The zero-order valence-corrected chi connectivity index (χ0v) is 8.58. The standard InChI is InChI=1S/C12H11N3O/c13-12(16)11(9-5-1-3-7-14-9)10-6-2-4-8-15-10/h1-8,11H,(H2,13,16). The van der Waals surface area contributed by atoms with Gasteiger partial charge in [-0.05, 0) is 24.3 Å². The zero-order chi connectivity index (χ0) is 11.4. The zero-order valence-electron chi connectivity index (χ0n) is 8.58. The van der Waals surface area contributed by atoms with Crippen molar-refractivity contribution < 1.29 is 4.79 Å². The molecule has 0 unspecified atom stereocenters. The lowest BCUT2D eigenvalue weighted by Gasteiger charge is -2.11. The van der Waals surface area contributed by atoms with Crippen molar-refractivity contribution in [2.45, 2.75) is 5.92 Å². The first kappa shape index (κ1) is 10.3. The Morgan fingerprint density at radius 3 is 1.81 bits per heavy atom. The molecule has 2 heterocycles. The van der Waals surface area contributed by atoms with E-state index in [1.165, 1.54) is 0 Å². The molecule has 0 saturated heterocycles. The molecular formula is C12H11N3O. The summed E-state index contributed by atoms with van der Waals surface area (Å²) in [6.45, 7) is 0. The molecule has 2 aromatic rings. The molecule has 0 aliphatic heterocycles. The number of carbonyl (C=O) groups is 1. The molecule has 4 nitrogen and oxygen atoms in total. The van der Waals surface area contributed by atoms with Gasteiger partial charge in [-0.1, -0.05) is 12.1 Å². The Hall–Kier alpha value is -2.23. The fraction of sp³-hybridized carbons (Fsp3) is 0.0833. The minimum atomic E-state index is -0.581. The van der Waals surface area contributed by atoms with Gasteiger partial charge in [-0.15, -0.1) is 0 Å². The Balaban J connectivity index is 2.44. The maximum absolute atomic E-state index is 11.4. The van der Waals surface area contributed by atoms with Crippen LogP contribution in [0.1, 0.15) is 17.3 Å². The number of rotatable bonds is 3. The van der Waals surface area contributed by atoms with Crippen molar-refractivity contribution in [2.75, 3.05) is 0 Å². The monoisotopic (exact) mass is 213 g/mol. The van der Waals surface area contributed by atoms with Crippen molar-refractivity contribution >= 4 is 5.91 Å². The number of primary amides is 1. The fourth-order valence-corrected chi connectivity index (χ4v) is 1.54. The van der Waals surface area contributed by atoms with E-state index in [9.17, 15) is 4.79 Å². The molecule has 80 valence electrons. The molecule has 0 saturated carbocycles. The van der Waals surface area contributed by atoms with Gasteiger partial charge >= 0.3 is 0 Å². The molecule has 2 N–H and O–H groups in total. The van der Waals surface area contributed by atoms with Crippen LogP contribution in [-0.4, -0.2) is 15.9 Å². The molecule has 0 spiro atoms. The molecule has 0 aliphatic rings. The van der Waals surface area contributed by atoms with Gasteiger partial charge in [0.2, 0.25) is 5.91 Å². The molecule has 2 rings (SSSR count). The molecule has 1 amide bonds. The van der Waals surface area contributed by atoms with E-state index in [0.29, 0.717) is 11.4 Å². The van der Waals surface area contributed by atoms with Crippen LogP contribution >= 0.6 is 0 Å². The molecule has 16 heavy (non-hydrogen) atoms. The van der Waals surface area contributed by atoms with Crippen LogP contribution in [0.25, 0.3) is 0 Å². The van der Waals surface area contributed by atoms with Crippen LogP contribution in [0.4, 0.5) is 0 Å². The molecule has 0 atom stereocenters. The van der Waals surface area contributed by atoms with Gasteiger partial charge in [0, 0.05) is 12.4 Å². The number of amides is 1. The predicted octanol–water partition coefficient (Wildman–Crippen LogP) is 1.09. The average Bonchev–Trinajstić information content (AvgIpc) is 2.31.